The van der Waals surface area contributed by atoms with Gasteiger partial charge in [0.25, 0.3) is 17.5 Å². The normalized spacial score (nSPS) is 13.5. The van der Waals surface area contributed by atoms with Crippen LogP contribution >= 0.6 is 0 Å². The maximum Gasteiger partial charge on any atom is 0.278 e. The predicted octanol–water partition coefficient (Wildman–Crippen LogP) is 4.58. The molecule has 0 spiro atoms. The van der Waals surface area contributed by atoms with Gasteiger partial charge < -0.3 is 4.90 Å². The SMILES string of the molecule is CCN(C1=C(c2ccc([N+](=O)[O-])cc2)C(=O)N(CCc2ccc(F)cc2)C1=O)c1ccccc1. The number of benzene rings is 3. The summed E-state index contributed by atoms with van der Waals surface area (Å²) in [7, 11) is 0. The van der Waals surface area contributed by atoms with Crippen LogP contribution in [0.4, 0.5) is 15.8 Å². The first-order chi connectivity index (χ1) is 16.4. The van der Waals surface area contributed by atoms with Crippen LogP contribution in [0, 0.1) is 15.9 Å². The molecule has 7 nitrogen and oxygen atoms in total. The quantitative estimate of drug-likeness (QED) is 0.280. The van der Waals surface area contributed by atoms with Crippen molar-refractivity contribution in [1.82, 2.24) is 4.90 Å². The lowest BCUT2D eigenvalue weighted by Crippen LogP contribution is -2.36. The third-order valence-corrected chi connectivity index (χ3v) is 5.70. The summed E-state index contributed by atoms with van der Waals surface area (Å²) in [5, 5.41) is 11.1. The monoisotopic (exact) mass is 459 g/mol. The summed E-state index contributed by atoms with van der Waals surface area (Å²) in [4.78, 5) is 40.6. The second kappa shape index (κ2) is 9.66. The number of hydrogen-bond acceptors (Lipinski definition) is 5. The number of halogens is 1. The summed E-state index contributed by atoms with van der Waals surface area (Å²) in [6.45, 7) is 2.43. The highest BCUT2D eigenvalue weighted by Gasteiger charge is 2.41. The molecule has 0 fully saturated rings. The van der Waals surface area contributed by atoms with E-state index in [0.29, 0.717) is 18.5 Å². The number of rotatable bonds is 8. The van der Waals surface area contributed by atoms with E-state index in [-0.39, 0.29) is 29.3 Å². The van der Waals surface area contributed by atoms with Gasteiger partial charge >= 0.3 is 0 Å². The predicted molar refractivity (Wildman–Crippen MR) is 126 cm³/mol. The molecule has 172 valence electrons. The van der Waals surface area contributed by atoms with Crippen molar-refractivity contribution in [1.29, 1.82) is 0 Å². The Morgan fingerprint density at radius 3 is 2.15 bits per heavy atom. The Morgan fingerprint density at radius 1 is 0.912 bits per heavy atom. The summed E-state index contributed by atoms with van der Waals surface area (Å²) in [5.41, 5.74) is 2.30. The van der Waals surface area contributed by atoms with E-state index in [4.69, 9.17) is 0 Å². The molecule has 1 aliphatic heterocycles. The molecule has 0 radical (unpaired) electrons. The number of nitro groups is 1. The molecule has 0 atom stereocenters. The summed E-state index contributed by atoms with van der Waals surface area (Å²) >= 11 is 0. The third kappa shape index (κ3) is 4.43. The Labute approximate surface area is 195 Å². The van der Waals surface area contributed by atoms with Gasteiger partial charge in [-0.05, 0) is 60.9 Å². The fourth-order valence-corrected chi connectivity index (χ4v) is 4.00. The van der Waals surface area contributed by atoms with Gasteiger partial charge in [-0.1, -0.05) is 30.3 Å². The highest BCUT2D eigenvalue weighted by molar-refractivity contribution is 6.36. The molecule has 0 aromatic heterocycles. The molecular weight excluding hydrogens is 437 g/mol. The summed E-state index contributed by atoms with van der Waals surface area (Å²) in [6, 6.07) is 20.8. The van der Waals surface area contributed by atoms with Crippen molar-refractivity contribution in [3.63, 3.8) is 0 Å². The number of nitro benzene ring substituents is 1. The van der Waals surface area contributed by atoms with E-state index in [1.165, 1.54) is 41.3 Å². The van der Waals surface area contributed by atoms with E-state index in [0.717, 1.165) is 11.3 Å². The number of imide groups is 1. The van der Waals surface area contributed by atoms with Crippen molar-refractivity contribution in [3.8, 4) is 0 Å². The van der Waals surface area contributed by atoms with Crippen LogP contribution in [0.5, 0.6) is 0 Å². The molecule has 0 saturated carbocycles. The Balaban J connectivity index is 1.74. The number of para-hydroxylation sites is 1. The smallest absolute Gasteiger partial charge is 0.278 e. The highest BCUT2D eigenvalue weighted by Crippen LogP contribution is 2.34. The lowest BCUT2D eigenvalue weighted by Gasteiger charge is -2.25. The van der Waals surface area contributed by atoms with Gasteiger partial charge in [0.1, 0.15) is 11.5 Å². The average Bonchev–Trinajstić information content (AvgIpc) is 3.09. The second-order valence-electron chi connectivity index (χ2n) is 7.75. The van der Waals surface area contributed by atoms with Gasteiger partial charge in [0.15, 0.2) is 0 Å². The molecule has 0 unspecified atom stereocenters. The van der Waals surface area contributed by atoms with Crippen LogP contribution in [0.3, 0.4) is 0 Å². The number of nitrogens with zero attached hydrogens (tertiary/aromatic N) is 3. The van der Waals surface area contributed by atoms with Crippen LogP contribution in [0.1, 0.15) is 18.1 Å². The zero-order chi connectivity index (χ0) is 24.2. The van der Waals surface area contributed by atoms with Crippen molar-refractivity contribution < 1.29 is 18.9 Å². The number of non-ortho nitro benzene ring substituents is 1. The minimum absolute atomic E-state index is 0.105. The number of hydrogen-bond donors (Lipinski definition) is 0. The average molecular weight is 459 g/mol. The standard InChI is InChI=1S/C26H22FN3O4/c1-2-28(21-6-4-3-5-7-21)24-23(19-10-14-22(15-11-19)30(33)34)25(31)29(26(24)32)17-16-18-8-12-20(27)13-9-18/h3-15H,2,16-17H2,1H3. The molecule has 0 aliphatic carbocycles. The maximum atomic E-state index is 13.6. The van der Waals surface area contributed by atoms with Gasteiger partial charge in [-0.25, -0.2) is 4.39 Å². The van der Waals surface area contributed by atoms with Crippen molar-refractivity contribution in [2.24, 2.45) is 0 Å². The molecule has 0 bridgehead atoms. The molecule has 4 rings (SSSR count). The number of likely N-dealkylation sites (N-methyl/N-ethyl adjacent to an activating group) is 1. The van der Waals surface area contributed by atoms with Crippen molar-refractivity contribution in [2.45, 2.75) is 13.3 Å². The van der Waals surface area contributed by atoms with E-state index < -0.39 is 16.7 Å². The van der Waals surface area contributed by atoms with Gasteiger partial charge in [-0.3, -0.25) is 24.6 Å². The Kier molecular flexibility index (Phi) is 6.49. The van der Waals surface area contributed by atoms with Crippen LogP contribution in [0.25, 0.3) is 5.57 Å². The van der Waals surface area contributed by atoms with Crippen molar-refractivity contribution >= 4 is 28.8 Å². The Bertz CT molecular complexity index is 1260. The molecule has 1 heterocycles. The van der Waals surface area contributed by atoms with Crippen molar-refractivity contribution in [2.75, 3.05) is 18.0 Å². The second-order valence-corrected chi connectivity index (χ2v) is 7.75. The number of amides is 2. The molecule has 8 heteroatoms. The first-order valence-electron chi connectivity index (χ1n) is 10.8. The first kappa shape index (κ1) is 22.8. The van der Waals surface area contributed by atoms with Crippen LogP contribution in [0.2, 0.25) is 0 Å². The van der Waals surface area contributed by atoms with Gasteiger partial charge in [-0.15, -0.1) is 0 Å². The van der Waals surface area contributed by atoms with Gasteiger partial charge in [-0.2, -0.15) is 0 Å². The maximum absolute atomic E-state index is 13.6. The van der Waals surface area contributed by atoms with E-state index in [2.05, 4.69) is 0 Å². The van der Waals surface area contributed by atoms with E-state index in [1.54, 1.807) is 17.0 Å². The van der Waals surface area contributed by atoms with Gasteiger partial charge in [0.2, 0.25) is 0 Å². The molecular formula is C26H22FN3O4. The molecule has 3 aromatic rings. The number of carbonyl (C=O) groups excluding carboxylic acids is 2. The molecule has 0 N–H and O–H groups in total. The van der Waals surface area contributed by atoms with Crippen LogP contribution in [-0.2, 0) is 16.0 Å². The highest BCUT2D eigenvalue weighted by atomic mass is 19.1. The fourth-order valence-electron chi connectivity index (χ4n) is 4.00. The van der Waals surface area contributed by atoms with E-state index >= 15 is 0 Å². The van der Waals surface area contributed by atoms with Gasteiger partial charge in [0.05, 0.1) is 10.5 Å². The third-order valence-electron chi connectivity index (χ3n) is 5.70. The van der Waals surface area contributed by atoms with E-state index in [9.17, 15) is 24.1 Å². The zero-order valence-electron chi connectivity index (χ0n) is 18.5. The fraction of sp³-hybridized carbons (Fsp3) is 0.154. The van der Waals surface area contributed by atoms with Crippen LogP contribution < -0.4 is 4.90 Å². The van der Waals surface area contributed by atoms with Gasteiger partial charge in [0, 0.05) is 30.9 Å². The molecule has 0 saturated heterocycles. The summed E-state index contributed by atoms with van der Waals surface area (Å²) < 4.78 is 13.2. The minimum atomic E-state index is -0.516. The topological polar surface area (TPSA) is 83.8 Å². The largest absolute Gasteiger partial charge is 0.337 e. The Hall–Kier alpha value is -4.33. The minimum Gasteiger partial charge on any atom is -0.337 e. The van der Waals surface area contributed by atoms with Crippen LogP contribution in [0.15, 0.2) is 84.6 Å². The molecule has 1 aliphatic rings. The first-order valence-corrected chi connectivity index (χ1v) is 10.8. The molecule has 3 aromatic carbocycles. The number of anilines is 1. The lowest BCUT2D eigenvalue weighted by molar-refractivity contribution is -0.384. The molecule has 2 amide bonds. The summed E-state index contributed by atoms with van der Waals surface area (Å²) in [6.07, 6.45) is 0.371. The van der Waals surface area contributed by atoms with Crippen molar-refractivity contribution in [3.05, 3.63) is 112 Å². The Morgan fingerprint density at radius 2 is 1.56 bits per heavy atom. The lowest BCUT2D eigenvalue weighted by atomic mass is 10.0. The number of carbonyl (C=O) groups is 2. The molecule has 34 heavy (non-hydrogen) atoms. The zero-order valence-corrected chi connectivity index (χ0v) is 18.5. The van der Waals surface area contributed by atoms with E-state index in [1.807, 2.05) is 37.3 Å². The summed E-state index contributed by atoms with van der Waals surface area (Å²) in [5.74, 6) is -1.26. The van der Waals surface area contributed by atoms with Crippen LogP contribution in [-0.4, -0.2) is 34.7 Å².